The van der Waals surface area contributed by atoms with Crippen LogP contribution in [0.15, 0.2) is 70.9 Å². The molecule has 1 aromatic heterocycles. The number of hydrogen-bond donors (Lipinski definition) is 0. The van der Waals surface area contributed by atoms with Crippen molar-refractivity contribution in [2.75, 3.05) is 39.8 Å². The summed E-state index contributed by atoms with van der Waals surface area (Å²) in [6.07, 6.45) is 5.67. The second-order valence-corrected chi connectivity index (χ2v) is 10.9. The highest BCUT2D eigenvalue weighted by atomic mass is 16.5. The molecule has 2 aromatic carbocycles. The molecule has 1 atom stereocenters. The van der Waals surface area contributed by atoms with Gasteiger partial charge in [-0.3, -0.25) is 19.7 Å². The first-order valence-corrected chi connectivity index (χ1v) is 13.8. The third-order valence-corrected chi connectivity index (χ3v) is 8.35. The number of benzene rings is 2. The highest BCUT2D eigenvalue weighted by Gasteiger charge is 2.31. The number of aliphatic imine (C=N–C) groups is 1. The molecule has 1 saturated heterocycles. The third kappa shape index (κ3) is 4.97. The molecule has 4 heterocycles. The SMILES string of the molecule is COc1ccc(CN2CCC[C@@H](CC(=O)N3CCC4=C(C3)C(c3ccnc(C)c3)=NC4)C2)c2ccccc12. The summed E-state index contributed by atoms with van der Waals surface area (Å²) in [5, 5.41) is 2.41. The Morgan fingerprint density at radius 1 is 1.11 bits per heavy atom. The van der Waals surface area contributed by atoms with Crippen LogP contribution in [0, 0.1) is 12.8 Å². The lowest BCUT2D eigenvalue weighted by Crippen LogP contribution is -2.41. The lowest BCUT2D eigenvalue weighted by molar-refractivity contribution is -0.132. The van der Waals surface area contributed by atoms with Gasteiger partial charge >= 0.3 is 0 Å². The zero-order valence-corrected chi connectivity index (χ0v) is 22.4. The van der Waals surface area contributed by atoms with E-state index in [0.29, 0.717) is 18.9 Å². The lowest BCUT2D eigenvalue weighted by Gasteiger charge is -2.35. The summed E-state index contributed by atoms with van der Waals surface area (Å²) >= 11 is 0. The molecule has 0 saturated carbocycles. The molecule has 3 aliphatic rings. The molecular weight excluding hydrogens is 472 g/mol. The van der Waals surface area contributed by atoms with Crippen LogP contribution >= 0.6 is 0 Å². The lowest BCUT2D eigenvalue weighted by atomic mass is 9.91. The van der Waals surface area contributed by atoms with Crippen LogP contribution in [0.2, 0.25) is 0 Å². The summed E-state index contributed by atoms with van der Waals surface area (Å²) in [4.78, 5) is 27.3. The number of rotatable bonds is 6. The Morgan fingerprint density at radius 3 is 2.82 bits per heavy atom. The van der Waals surface area contributed by atoms with Gasteiger partial charge < -0.3 is 9.64 Å². The van der Waals surface area contributed by atoms with E-state index < -0.39 is 0 Å². The highest BCUT2D eigenvalue weighted by molar-refractivity contribution is 6.15. The number of ether oxygens (including phenoxy) is 1. The van der Waals surface area contributed by atoms with Gasteiger partial charge in [-0.25, -0.2) is 0 Å². The molecule has 1 fully saturated rings. The van der Waals surface area contributed by atoms with Crippen molar-refractivity contribution >= 4 is 22.4 Å². The van der Waals surface area contributed by atoms with Crippen LogP contribution in [0.25, 0.3) is 10.8 Å². The standard InChI is InChI=1S/C32H36N4O2/c1-22-16-24(11-13-33-22)32-29-21-36(15-12-25(29)18-34-32)31(37)17-23-6-5-14-35(19-23)20-26-9-10-30(38-2)28-8-4-3-7-27(26)28/h3-4,7-11,13,16,23H,5-6,12,14-15,17-21H2,1-2H3/t23-/m0/s1. The average Bonchev–Trinajstić information content (AvgIpc) is 3.37. The van der Waals surface area contributed by atoms with Crippen molar-refractivity contribution in [3.05, 3.63) is 82.7 Å². The van der Waals surface area contributed by atoms with Gasteiger partial charge in [0.2, 0.25) is 5.91 Å². The minimum Gasteiger partial charge on any atom is -0.496 e. The number of carbonyl (C=O) groups is 1. The van der Waals surface area contributed by atoms with Crippen molar-refractivity contribution in [2.24, 2.45) is 10.9 Å². The first-order chi connectivity index (χ1) is 18.6. The number of piperidine rings is 1. The van der Waals surface area contributed by atoms with E-state index in [1.165, 1.54) is 22.1 Å². The molecule has 1 amide bonds. The maximum absolute atomic E-state index is 13.5. The molecule has 196 valence electrons. The fourth-order valence-corrected chi connectivity index (χ4v) is 6.39. The maximum Gasteiger partial charge on any atom is 0.223 e. The van der Waals surface area contributed by atoms with Gasteiger partial charge in [-0.1, -0.05) is 30.3 Å². The van der Waals surface area contributed by atoms with Gasteiger partial charge in [0.25, 0.3) is 0 Å². The molecule has 6 nitrogen and oxygen atoms in total. The first-order valence-electron chi connectivity index (χ1n) is 13.8. The van der Waals surface area contributed by atoms with Crippen LogP contribution in [0.1, 0.15) is 42.5 Å². The number of fused-ring (bicyclic) bond motifs is 1. The molecule has 38 heavy (non-hydrogen) atoms. The Labute approximate surface area is 225 Å². The zero-order valence-electron chi connectivity index (χ0n) is 22.4. The number of pyridine rings is 1. The molecular formula is C32H36N4O2. The zero-order chi connectivity index (χ0) is 26.1. The van der Waals surface area contributed by atoms with Crippen molar-refractivity contribution in [3.63, 3.8) is 0 Å². The molecule has 6 rings (SSSR count). The number of hydrogen-bond acceptors (Lipinski definition) is 5. The minimum absolute atomic E-state index is 0.287. The second kappa shape index (κ2) is 10.7. The molecule has 0 N–H and O–H groups in total. The van der Waals surface area contributed by atoms with Gasteiger partial charge in [0, 0.05) is 55.4 Å². The van der Waals surface area contributed by atoms with Crippen LogP contribution < -0.4 is 4.74 Å². The van der Waals surface area contributed by atoms with E-state index >= 15 is 0 Å². The van der Waals surface area contributed by atoms with Crippen LogP contribution in [0.3, 0.4) is 0 Å². The number of nitrogens with zero attached hydrogens (tertiary/aromatic N) is 4. The van der Waals surface area contributed by atoms with E-state index in [1.54, 1.807) is 7.11 Å². The molecule has 0 aliphatic carbocycles. The third-order valence-electron chi connectivity index (χ3n) is 8.35. The van der Waals surface area contributed by atoms with Crippen LogP contribution in [0.4, 0.5) is 0 Å². The van der Waals surface area contributed by atoms with Gasteiger partial charge in [0.05, 0.1) is 19.4 Å². The number of aryl methyl sites for hydroxylation is 1. The first kappa shape index (κ1) is 24.8. The van der Waals surface area contributed by atoms with E-state index in [4.69, 9.17) is 9.73 Å². The molecule has 0 spiro atoms. The number of likely N-dealkylation sites (tertiary alicyclic amines) is 1. The fraction of sp³-hybridized carbons (Fsp3) is 0.406. The predicted molar refractivity (Wildman–Crippen MR) is 152 cm³/mol. The van der Waals surface area contributed by atoms with Crippen molar-refractivity contribution < 1.29 is 9.53 Å². The van der Waals surface area contributed by atoms with Gasteiger partial charge in [-0.2, -0.15) is 0 Å². The predicted octanol–water partition coefficient (Wildman–Crippen LogP) is 5.19. The monoisotopic (exact) mass is 508 g/mol. The second-order valence-electron chi connectivity index (χ2n) is 10.9. The molecule has 0 radical (unpaired) electrons. The van der Waals surface area contributed by atoms with Crippen molar-refractivity contribution in [3.8, 4) is 5.75 Å². The Bertz CT molecular complexity index is 1430. The maximum atomic E-state index is 13.5. The number of amides is 1. The Balaban J connectivity index is 1.10. The molecule has 0 unspecified atom stereocenters. The molecule has 3 aliphatic heterocycles. The Hall–Kier alpha value is -3.51. The minimum atomic E-state index is 0.287. The van der Waals surface area contributed by atoms with Crippen molar-refractivity contribution in [1.82, 2.24) is 14.8 Å². The summed E-state index contributed by atoms with van der Waals surface area (Å²) in [5.41, 5.74) is 7.14. The Kier molecular flexibility index (Phi) is 6.98. The number of aromatic nitrogens is 1. The smallest absolute Gasteiger partial charge is 0.223 e. The van der Waals surface area contributed by atoms with Gasteiger partial charge in [-0.15, -0.1) is 0 Å². The van der Waals surface area contributed by atoms with Crippen LogP contribution in [-0.4, -0.2) is 66.2 Å². The van der Waals surface area contributed by atoms with E-state index in [0.717, 1.165) is 80.1 Å². The number of methoxy groups -OCH3 is 1. The van der Waals surface area contributed by atoms with E-state index in [1.807, 2.05) is 19.2 Å². The molecule has 3 aromatic rings. The van der Waals surface area contributed by atoms with Crippen LogP contribution in [0.5, 0.6) is 5.75 Å². The normalized spacial score (nSPS) is 20.0. The van der Waals surface area contributed by atoms with Crippen molar-refractivity contribution in [1.29, 1.82) is 0 Å². The summed E-state index contributed by atoms with van der Waals surface area (Å²) in [7, 11) is 1.73. The quantitative estimate of drug-likeness (QED) is 0.460. The largest absolute Gasteiger partial charge is 0.496 e. The van der Waals surface area contributed by atoms with Crippen LogP contribution in [-0.2, 0) is 11.3 Å². The summed E-state index contributed by atoms with van der Waals surface area (Å²) < 4.78 is 5.58. The molecule has 0 bridgehead atoms. The highest BCUT2D eigenvalue weighted by Crippen LogP contribution is 2.32. The number of carbonyl (C=O) groups excluding carboxylic acids is 1. The van der Waals surface area contributed by atoms with E-state index in [-0.39, 0.29) is 5.91 Å². The topological polar surface area (TPSA) is 58.0 Å². The summed E-state index contributed by atoms with van der Waals surface area (Å²) in [5.74, 6) is 1.60. The van der Waals surface area contributed by atoms with Crippen molar-refractivity contribution in [2.45, 2.75) is 39.2 Å². The summed E-state index contributed by atoms with van der Waals surface area (Å²) in [6, 6.07) is 16.9. The Morgan fingerprint density at radius 2 is 1.97 bits per heavy atom. The van der Waals surface area contributed by atoms with E-state index in [9.17, 15) is 4.79 Å². The van der Waals surface area contributed by atoms with Gasteiger partial charge in [0.1, 0.15) is 5.75 Å². The van der Waals surface area contributed by atoms with Gasteiger partial charge in [0.15, 0.2) is 0 Å². The van der Waals surface area contributed by atoms with E-state index in [2.05, 4.69) is 57.2 Å². The average molecular weight is 509 g/mol. The summed E-state index contributed by atoms with van der Waals surface area (Å²) in [6.45, 7) is 7.22. The fourth-order valence-electron chi connectivity index (χ4n) is 6.39. The van der Waals surface area contributed by atoms with Gasteiger partial charge in [-0.05, 0) is 78.9 Å². The molecule has 6 heteroatoms.